The topological polar surface area (TPSA) is 32.7 Å². The lowest BCUT2D eigenvalue weighted by atomic mass is 9.97. The van der Waals surface area contributed by atoms with E-state index in [4.69, 9.17) is 0 Å². The van der Waals surface area contributed by atoms with Crippen LogP contribution in [0.25, 0.3) is 0 Å². The Balaban J connectivity index is 2.48. The average Bonchev–Trinajstić information content (AvgIpc) is 2.15. The summed E-state index contributed by atoms with van der Waals surface area (Å²) in [5, 5.41) is 0. The smallest absolute Gasteiger partial charge is 0.235 e. The molecule has 0 amide bonds. The summed E-state index contributed by atoms with van der Waals surface area (Å²) in [6, 6.07) is 0.408. The van der Waals surface area contributed by atoms with Crippen molar-refractivity contribution in [3.8, 4) is 0 Å². The number of aliphatic imine (C=N–C) groups is 1. The third kappa shape index (κ3) is 2.79. The number of likely N-dealkylation sites (N-methyl/N-ethyl adjacent to an activating group) is 1. The van der Waals surface area contributed by atoms with Crippen LogP contribution in [-0.2, 0) is 4.79 Å². The van der Waals surface area contributed by atoms with E-state index in [1.807, 2.05) is 0 Å². The molecule has 0 saturated carbocycles. The summed E-state index contributed by atoms with van der Waals surface area (Å²) in [4.78, 5) is 15.8. The Morgan fingerprint density at radius 2 is 2.46 bits per heavy atom. The lowest BCUT2D eigenvalue weighted by molar-refractivity contribution is 0.212. The van der Waals surface area contributed by atoms with Gasteiger partial charge in [0.1, 0.15) is 0 Å². The summed E-state index contributed by atoms with van der Waals surface area (Å²) in [5.74, 6) is 0. The van der Waals surface area contributed by atoms with Crippen LogP contribution < -0.4 is 0 Å². The van der Waals surface area contributed by atoms with Crippen LogP contribution in [0.3, 0.4) is 0 Å². The molecule has 1 atom stereocenters. The van der Waals surface area contributed by atoms with Gasteiger partial charge in [-0.05, 0) is 32.0 Å². The highest BCUT2D eigenvalue weighted by Crippen LogP contribution is 2.20. The third-order valence-electron chi connectivity index (χ3n) is 2.59. The molecule has 1 aliphatic heterocycles. The van der Waals surface area contributed by atoms with Crippen LogP contribution in [0.2, 0.25) is 0 Å². The number of piperidine rings is 1. The second-order valence-electron chi connectivity index (χ2n) is 3.56. The molecule has 0 N–H and O–H groups in total. The molecule has 0 radical (unpaired) electrons. The Morgan fingerprint density at radius 1 is 1.69 bits per heavy atom. The lowest BCUT2D eigenvalue weighted by Crippen LogP contribution is -2.37. The molecule has 0 aromatic carbocycles. The number of likely N-dealkylation sites (tertiary alicyclic amines) is 1. The Bertz CT molecular complexity index is 231. The molecule has 1 fully saturated rings. The van der Waals surface area contributed by atoms with Crippen molar-refractivity contribution in [2.75, 3.05) is 20.1 Å². The highest BCUT2D eigenvalue weighted by molar-refractivity contribution is 5.34. The predicted molar refractivity (Wildman–Crippen MR) is 52.4 cm³/mol. The minimum atomic E-state index is 0.408. The first-order chi connectivity index (χ1) is 6.25. The standard InChI is InChI=1S/C10H16N2O/c1-9(7-11-8-13)10-5-3-4-6-12(10)2/h10H,1,3-7H2,2H3. The quantitative estimate of drug-likeness (QED) is 0.373. The van der Waals surface area contributed by atoms with Crippen molar-refractivity contribution in [1.29, 1.82) is 0 Å². The van der Waals surface area contributed by atoms with Crippen molar-refractivity contribution >= 4 is 6.08 Å². The Morgan fingerprint density at radius 3 is 3.08 bits per heavy atom. The van der Waals surface area contributed by atoms with E-state index in [1.165, 1.54) is 12.8 Å². The van der Waals surface area contributed by atoms with Gasteiger partial charge in [-0.3, -0.25) is 4.90 Å². The SMILES string of the molecule is C=C(CN=C=O)C1CCCCN1C. The maximum absolute atomic E-state index is 9.93. The molecule has 13 heavy (non-hydrogen) atoms. The molecule has 0 spiro atoms. The summed E-state index contributed by atoms with van der Waals surface area (Å²) in [6.07, 6.45) is 5.20. The molecule has 1 heterocycles. The summed E-state index contributed by atoms with van der Waals surface area (Å²) < 4.78 is 0. The van der Waals surface area contributed by atoms with E-state index < -0.39 is 0 Å². The van der Waals surface area contributed by atoms with Crippen molar-refractivity contribution in [3.05, 3.63) is 12.2 Å². The van der Waals surface area contributed by atoms with Crippen molar-refractivity contribution in [2.24, 2.45) is 4.99 Å². The Hall–Kier alpha value is -0.920. The van der Waals surface area contributed by atoms with Crippen LogP contribution in [0.1, 0.15) is 19.3 Å². The van der Waals surface area contributed by atoms with Crippen LogP contribution in [0.4, 0.5) is 0 Å². The Labute approximate surface area is 79.1 Å². The fourth-order valence-corrected chi connectivity index (χ4v) is 1.83. The number of isocyanates is 1. The summed E-state index contributed by atoms with van der Waals surface area (Å²) in [5.41, 5.74) is 1.03. The zero-order valence-corrected chi connectivity index (χ0v) is 8.12. The normalized spacial score (nSPS) is 23.6. The lowest BCUT2D eigenvalue weighted by Gasteiger charge is -2.33. The van der Waals surface area contributed by atoms with Gasteiger partial charge in [-0.2, -0.15) is 0 Å². The van der Waals surface area contributed by atoms with Crippen LogP contribution in [0, 0.1) is 0 Å². The maximum atomic E-state index is 9.93. The van der Waals surface area contributed by atoms with Gasteiger partial charge in [0.25, 0.3) is 0 Å². The van der Waals surface area contributed by atoms with Crippen molar-refractivity contribution < 1.29 is 4.79 Å². The molecule has 3 nitrogen and oxygen atoms in total. The van der Waals surface area contributed by atoms with E-state index in [2.05, 4.69) is 23.5 Å². The minimum Gasteiger partial charge on any atom is -0.300 e. The third-order valence-corrected chi connectivity index (χ3v) is 2.59. The maximum Gasteiger partial charge on any atom is 0.235 e. The first-order valence-corrected chi connectivity index (χ1v) is 4.67. The predicted octanol–water partition coefficient (Wildman–Crippen LogP) is 1.36. The fraction of sp³-hybridized carbons (Fsp3) is 0.700. The zero-order chi connectivity index (χ0) is 9.68. The number of nitrogens with zero attached hydrogens (tertiary/aromatic N) is 2. The second-order valence-corrected chi connectivity index (χ2v) is 3.56. The monoisotopic (exact) mass is 180 g/mol. The van der Waals surface area contributed by atoms with Crippen molar-refractivity contribution in [1.82, 2.24) is 4.90 Å². The average molecular weight is 180 g/mol. The van der Waals surface area contributed by atoms with Gasteiger partial charge in [0.15, 0.2) is 0 Å². The van der Waals surface area contributed by atoms with Gasteiger partial charge in [-0.25, -0.2) is 9.79 Å². The highest BCUT2D eigenvalue weighted by atomic mass is 16.1. The van der Waals surface area contributed by atoms with E-state index >= 15 is 0 Å². The fourth-order valence-electron chi connectivity index (χ4n) is 1.83. The van der Waals surface area contributed by atoms with Gasteiger partial charge in [0.2, 0.25) is 6.08 Å². The summed E-state index contributed by atoms with van der Waals surface area (Å²) in [7, 11) is 2.10. The zero-order valence-electron chi connectivity index (χ0n) is 8.12. The van der Waals surface area contributed by atoms with E-state index in [1.54, 1.807) is 6.08 Å². The van der Waals surface area contributed by atoms with E-state index in [9.17, 15) is 4.79 Å². The Kier molecular flexibility index (Phi) is 3.87. The van der Waals surface area contributed by atoms with E-state index in [0.29, 0.717) is 12.6 Å². The van der Waals surface area contributed by atoms with Gasteiger partial charge < -0.3 is 0 Å². The van der Waals surface area contributed by atoms with Crippen LogP contribution in [0.15, 0.2) is 17.1 Å². The van der Waals surface area contributed by atoms with Gasteiger partial charge in [-0.15, -0.1) is 0 Å². The molecule has 1 aliphatic rings. The molecule has 0 aliphatic carbocycles. The molecule has 1 saturated heterocycles. The molecule has 0 aromatic heterocycles. The molecule has 3 heteroatoms. The molecule has 1 rings (SSSR count). The van der Waals surface area contributed by atoms with Crippen LogP contribution in [0.5, 0.6) is 0 Å². The molecular weight excluding hydrogens is 164 g/mol. The number of hydrogen-bond donors (Lipinski definition) is 0. The molecule has 0 bridgehead atoms. The van der Waals surface area contributed by atoms with E-state index in [-0.39, 0.29) is 0 Å². The van der Waals surface area contributed by atoms with Gasteiger partial charge in [0, 0.05) is 6.04 Å². The van der Waals surface area contributed by atoms with Crippen LogP contribution >= 0.6 is 0 Å². The molecular formula is C10H16N2O. The van der Waals surface area contributed by atoms with Gasteiger partial charge >= 0.3 is 0 Å². The molecule has 1 unspecified atom stereocenters. The summed E-state index contributed by atoms with van der Waals surface area (Å²) >= 11 is 0. The number of hydrogen-bond acceptors (Lipinski definition) is 3. The van der Waals surface area contributed by atoms with Gasteiger partial charge in [-0.1, -0.05) is 13.0 Å². The number of carbonyl (C=O) groups excluding carboxylic acids is 1. The first kappa shape index (κ1) is 10.2. The van der Waals surface area contributed by atoms with Crippen molar-refractivity contribution in [2.45, 2.75) is 25.3 Å². The van der Waals surface area contributed by atoms with Crippen molar-refractivity contribution in [3.63, 3.8) is 0 Å². The van der Waals surface area contributed by atoms with E-state index in [0.717, 1.165) is 18.5 Å². The van der Waals surface area contributed by atoms with Gasteiger partial charge in [0.05, 0.1) is 6.54 Å². The molecule has 72 valence electrons. The largest absolute Gasteiger partial charge is 0.300 e. The minimum absolute atomic E-state index is 0.408. The van der Waals surface area contributed by atoms with Crippen LogP contribution in [-0.4, -0.2) is 37.2 Å². The highest BCUT2D eigenvalue weighted by Gasteiger charge is 2.20. The molecule has 0 aromatic rings. The second kappa shape index (κ2) is 4.95. The number of rotatable bonds is 3. The summed E-state index contributed by atoms with van der Waals surface area (Å²) in [6.45, 7) is 5.50. The first-order valence-electron chi connectivity index (χ1n) is 4.67.